The highest BCUT2D eigenvalue weighted by Gasteiger charge is 2.60. The quantitative estimate of drug-likeness (QED) is 0.361. The van der Waals surface area contributed by atoms with E-state index in [2.05, 4.69) is 15.1 Å². The number of amides is 3. The number of carbonyl (C=O) groups is 3. The summed E-state index contributed by atoms with van der Waals surface area (Å²) in [4.78, 5) is 60.8. The third-order valence-corrected chi connectivity index (χ3v) is 12.7. The van der Waals surface area contributed by atoms with Crippen LogP contribution in [0.4, 0.5) is 4.39 Å². The molecule has 3 amide bonds. The normalized spacial score (nSPS) is 26.0. The van der Waals surface area contributed by atoms with Crippen molar-refractivity contribution in [3.05, 3.63) is 75.5 Å². The number of fused-ring (bicyclic) bond motifs is 3. The van der Waals surface area contributed by atoms with Crippen molar-refractivity contribution in [1.29, 1.82) is 0 Å². The zero-order valence-electron chi connectivity index (χ0n) is 30.4. The van der Waals surface area contributed by atoms with Crippen LogP contribution in [-0.2, 0) is 20.7 Å². The van der Waals surface area contributed by atoms with Crippen LogP contribution in [-0.4, -0.2) is 125 Å². The summed E-state index contributed by atoms with van der Waals surface area (Å²) in [6.45, 7) is 5.42. The summed E-state index contributed by atoms with van der Waals surface area (Å²) in [5.41, 5.74) is 6.55. The number of nitrogens with two attached hydrogens (primary N) is 1. The first-order valence-electron chi connectivity index (χ1n) is 19.4. The molecule has 3 saturated heterocycles. The van der Waals surface area contributed by atoms with E-state index in [1.54, 1.807) is 29.2 Å². The van der Waals surface area contributed by atoms with Gasteiger partial charge in [0, 0.05) is 70.7 Å². The van der Waals surface area contributed by atoms with Gasteiger partial charge in [-0.1, -0.05) is 43.5 Å². The van der Waals surface area contributed by atoms with Crippen LogP contribution in [0.5, 0.6) is 0 Å². The number of ether oxygens (including phenoxy) is 1. The van der Waals surface area contributed by atoms with Gasteiger partial charge in [0.05, 0.1) is 40.3 Å². The number of nitrogens with zero attached hydrogens (tertiary/aromatic N) is 5. The standard InChI is InChI=1S/C40H50FN7O5/c41-32-11-10-27(23-33-29-8-4-5-9-30(29)35(49)44-43-33)22-31(32)36(50)46-18-20-48(21-19-46)38(52)39-12-13-40(24-39,53-26-39)25-45-14-16-47(17-15-45)37(51)34(42)28-6-2-1-3-7-28/h4-5,8-11,22,28,34H,1-3,6-7,12-21,23-26,42H2,(H,44,49). The second-order valence-electron chi connectivity index (χ2n) is 16.1. The number of carbonyl (C=O) groups excluding carboxylic acids is 3. The van der Waals surface area contributed by atoms with Crippen molar-refractivity contribution >= 4 is 28.5 Å². The molecule has 0 spiro atoms. The molecule has 5 fully saturated rings. The lowest BCUT2D eigenvalue weighted by Gasteiger charge is -2.40. The smallest absolute Gasteiger partial charge is 0.272 e. The fraction of sp³-hybridized carbons (Fsp3) is 0.575. The fourth-order valence-electron chi connectivity index (χ4n) is 9.63. The van der Waals surface area contributed by atoms with Crippen LogP contribution in [0.2, 0.25) is 0 Å². The number of rotatable bonds is 8. The molecule has 0 radical (unpaired) electrons. The zero-order valence-corrected chi connectivity index (χ0v) is 30.4. The molecule has 2 aromatic carbocycles. The monoisotopic (exact) mass is 727 g/mol. The minimum Gasteiger partial charge on any atom is -0.373 e. The Labute approximate surface area is 308 Å². The van der Waals surface area contributed by atoms with Crippen molar-refractivity contribution in [1.82, 2.24) is 29.8 Å². The maximum absolute atomic E-state index is 15.1. The van der Waals surface area contributed by atoms with Gasteiger partial charge in [-0.25, -0.2) is 9.49 Å². The minimum atomic E-state index is -0.600. The van der Waals surface area contributed by atoms with Crippen molar-refractivity contribution in [2.24, 2.45) is 17.1 Å². The van der Waals surface area contributed by atoms with Gasteiger partial charge in [0.25, 0.3) is 11.5 Å². The van der Waals surface area contributed by atoms with E-state index in [0.717, 1.165) is 58.2 Å². The molecule has 4 heterocycles. The van der Waals surface area contributed by atoms with Crippen LogP contribution < -0.4 is 11.3 Å². The van der Waals surface area contributed by atoms with Crippen LogP contribution in [0.3, 0.4) is 0 Å². The molecule has 2 bridgehead atoms. The summed E-state index contributed by atoms with van der Waals surface area (Å²) in [5.74, 6) is -0.530. The molecule has 5 aliphatic rings. The summed E-state index contributed by atoms with van der Waals surface area (Å²) >= 11 is 0. The summed E-state index contributed by atoms with van der Waals surface area (Å²) in [7, 11) is 0. The molecular weight excluding hydrogens is 677 g/mol. The van der Waals surface area contributed by atoms with E-state index < -0.39 is 23.2 Å². The Hall–Kier alpha value is -4.20. The number of nitrogens with one attached hydrogen (secondary N) is 1. The summed E-state index contributed by atoms with van der Waals surface area (Å²) in [6.07, 6.45) is 8.26. The van der Waals surface area contributed by atoms with Crippen molar-refractivity contribution in [3.63, 3.8) is 0 Å². The van der Waals surface area contributed by atoms with E-state index in [1.165, 1.54) is 12.5 Å². The molecule has 282 valence electrons. The highest BCUT2D eigenvalue weighted by Crippen LogP contribution is 2.54. The topological polar surface area (TPSA) is 145 Å². The molecule has 12 nitrogen and oxygen atoms in total. The second-order valence-corrected chi connectivity index (χ2v) is 16.1. The highest BCUT2D eigenvalue weighted by molar-refractivity contribution is 5.95. The van der Waals surface area contributed by atoms with Crippen LogP contribution in [0.15, 0.2) is 47.3 Å². The highest BCUT2D eigenvalue weighted by atomic mass is 19.1. The number of H-pyrrole nitrogens is 1. The van der Waals surface area contributed by atoms with Crippen LogP contribution in [0.1, 0.15) is 73.0 Å². The average Bonchev–Trinajstić information content (AvgIpc) is 3.76. The summed E-state index contributed by atoms with van der Waals surface area (Å²) in [6, 6.07) is 11.3. The molecule has 1 aromatic heterocycles. The summed E-state index contributed by atoms with van der Waals surface area (Å²) in [5, 5.41) is 7.99. The molecule has 3 aromatic rings. The van der Waals surface area contributed by atoms with E-state index in [1.807, 2.05) is 21.9 Å². The Morgan fingerprint density at radius 1 is 0.906 bits per heavy atom. The van der Waals surface area contributed by atoms with Gasteiger partial charge in [0.15, 0.2) is 0 Å². The molecule has 3 aliphatic heterocycles. The second kappa shape index (κ2) is 14.6. The van der Waals surface area contributed by atoms with Gasteiger partial charge in [0.1, 0.15) is 5.82 Å². The lowest BCUT2D eigenvalue weighted by molar-refractivity contribution is -0.145. The Bertz CT molecular complexity index is 1920. The number of hydrogen-bond donors (Lipinski definition) is 2. The first-order chi connectivity index (χ1) is 25.6. The maximum atomic E-state index is 15.1. The van der Waals surface area contributed by atoms with E-state index in [-0.39, 0.29) is 28.5 Å². The van der Waals surface area contributed by atoms with Gasteiger partial charge in [-0.05, 0) is 61.8 Å². The largest absolute Gasteiger partial charge is 0.373 e. The third kappa shape index (κ3) is 6.99. The number of aromatic amines is 1. The number of piperazine rings is 2. The fourth-order valence-corrected chi connectivity index (χ4v) is 9.63. The average molecular weight is 728 g/mol. The van der Waals surface area contributed by atoms with Gasteiger partial charge in [-0.2, -0.15) is 5.10 Å². The Morgan fingerprint density at radius 2 is 1.60 bits per heavy atom. The molecule has 13 heteroatoms. The predicted molar refractivity (Wildman–Crippen MR) is 197 cm³/mol. The van der Waals surface area contributed by atoms with Crippen molar-refractivity contribution in [2.45, 2.75) is 69.4 Å². The zero-order chi connectivity index (χ0) is 36.7. The third-order valence-electron chi connectivity index (χ3n) is 12.7. The number of aromatic nitrogens is 2. The number of halogens is 1. The Balaban J connectivity index is 0.838. The van der Waals surface area contributed by atoms with Crippen LogP contribution in [0, 0.1) is 17.2 Å². The van der Waals surface area contributed by atoms with Crippen molar-refractivity contribution in [3.8, 4) is 0 Å². The van der Waals surface area contributed by atoms with Crippen molar-refractivity contribution in [2.75, 3.05) is 65.5 Å². The van der Waals surface area contributed by atoms with Crippen molar-refractivity contribution < 1.29 is 23.5 Å². The molecular formula is C40H50FN7O5. The lowest BCUT2D eigenvalue weighted by atomic mass is 9.83. The molecule has 3 unspecified atom stereocenters. The number of hydrogen-bond acceptors (Lipinski definition) is 8. The van der Waals surface area contributed by atoms with Gasteiger partial charge in [-0.15, -0.1) is 0 Å². The first-order valence-corrected chi connectivity index (χ1v) is 19.4. The molecule has 2 saturated carbocycles. The van der Waals surface area contributed by atoms with Gasteiger partial charge >= 0.3 is 0 Å². The predicted octanol–water partition coefficient (Wildman–Crippen LogP) is 2.93. The molecule has 53 heavy (non-hydrogen) atoms. The van der Waals surface area contributed by atoms with Gasteiger partial charge in [0.2, 0.25) is 11.8 Å². The van der Waals surface area contributed by atoms with E-state index in [0.29, 0.717) is 86.7 Å². The first kappa shape index (κ1) is 35.8. The Kier molecular flexibility index (Phi) is 9.84. The molecule has 3 atom stereocenters. The molecule has 2 aliphatic carbocycles. The molecule has 8 rings (SSSR count). The number of benzene rings is 2. The van der Waals surface area contributed by atoms with E-state index in [9.17, 15) is 19.2 Å². The van der Waals surface area contributed by atoms with Crippen LogP contribution in [0.25, 0.3) is 10.8 Å². The van der Waals surface area contributed by atoms with E-state index in [4.69, 9.17) is 10.5 Å². The Morgan fingerprint density at radius 3 is 2.32 bits per heavy atom. The minimum absolute atomic E-state index is 0.0170. The van der Waals surface area contributed by atoms with Gasteiger partial charge in [-0.3, -0.25) is 24.1 Å². The maximum Gasteiger partial charge on any atom is 0.272 e. The lowest BCUT2D eigenvalue weighted by Crippen LogP contribution is -2.56. The molecule has 3 N–H and O–H groups in total. The van der Waals surface area contributed by atoms with Crippen LogP contribution >= 0.6 is 0 Å². The van der Waals surface area contributed by atoms with Gasteiger partial charge < -0.3 is 25.2 Å². The summed E-state index contributed by atoms with van der Waals surface area (Å²) < 4.78 is 21.5. The SMILES string of the molecule is NC(C(=O)N1CCN(CC23CCC(C(=O)N4CCN(C(=O)c5cc(Cc6n[nH]c(=O)c7ccccc67)ccc5F)CC4)(CO2)C3)CC1)C1CCCCC1. The van der Waals surface area contributed by atoms with E-state index >= 15 is 4.39 Å².